The molecule has 1 aliphatic heterocycles. The van der Waals surface area contributed by atoms with E-state index in [-0.39, 0.29) is 64.7 Å². The zero-order valence-electron chi connectivity index (χ0n) is 45.3. The van der Waals surface area contributed by atoms with E-state index in [1.165, 1.54) is 13.8 Å². The number of nitrogens with two attached hydrogens (primary N) is 4. The van der Waals surface area contributed by atoms with Crippen LogP contribution in [0.5, 0.6) is 0 Å². The number of hydrogen-bond donors (Lipinski definition) is 16. The third-order valence-corrected chi connectivity index (χ3v) is 13.1. The van der Waals surface area contributed by atoms with E-state index < -0.39 is 145 Å². The van der Waals surface area contributed by atoms with Crippen molar-refractivity contribution >= 4 is 59.1 Å². The van der Waals surface area contributed by atoms with E-state index in [1.54, 1.807) is 44.2 Å². The Hall–Kier alpha value is -6.32. The average molecular weight is 1090 g/mol. The third-order valence-electron chi connectivity index (χ3n) is 13.1. The number of amides is 10. The highest BCUT2D eigenvalue weighted by atomic mass is 16.3. The lowest BCUT2D eigenvalue weighted by atomic mass is 9.96. The van der Waals surface area contributed by atoms with Crippen LogP contribution in [0.25, 0.3) is 0 Å². The second-order valence-corrected chi connectivity index (χ2v) is 19.5. The predicted octanol–water partition coefficient (Wildman–Crippen LogP) is -4.32. The van der Waals surface area contributed by atoms with E-state index in [0.29, 0.717) is 18.4 Å². The van der Waals surface area contributed by atoms with Crippen molar-refractivity contribution in [2.45, 2.75) is 185 Å². The van der Waals surface area contributed by atoms with E-state index in [1.807, 2.05) is 0 Å². The number of benzene rings is 1. The SMILES string of the molecule is CCCCCCCC(=O)N[C@H](C(=O)N[C@@H](CCN)C(=O)NC1CCNC(=O)C([C@@H](C)O)NC(=O)[C@H](CCN)NC(=O)[C@H](CCN)NC(=O)[C@H]([C@@H](C)CC)NC(=O)[C@@H](Cc2ccccc2)NC(=O)C(CCN)NC1=O)[C@@H](C)O. The third kappa shape index (κ3) is 23.4. The van der Waals surface area contributed by atoms with E-state index in [9.17, 15) is 58.2 Å². The smallest absolute Gasteiger partial charge is 0.245 e. The number of carbonyl (C=O) groups excluding carboxylic acids is 10. The topological polar surface area (TPSA) is 436 Å². The molecular weight excluding hydrogens is 1000 g/mol. The lowest BCUT2D eigenvalue weighted by Gasteiger charge is -2.30. The molecule has 20 N–H and O–H groups in total. The maximum Gasteiger partial charge on any atom is 0.245 e. The van der Waals surface area contributed by atoms with Gasteiger partial charge in [-0.05, 0) is 90.0 Å². The Morgan fingerprint density at radius 2 is 1.13 bits per heavy atom. The second-order valence-electron chi connectivity index (χ2n) is 19.5. The number of nitrogens with one attached hydrogen (secondary N) is 10. The summed E-state index contributed by atoms with van der Waals surface area (Å²) in [7, 11) is 0. The fourth-order valence-corrected chi connectivity index (χ4v) is 8.29. The first-order chi connectivity index (χ1) is 36.7. The molecule has 1 heterocycles. The molecule has 26 nitrogen and oxygen atoms in total. The molecule has 1 fully saturated rings. The summed E-state index contributed by atoms with van der Waals surface area (Å²) in [6.45, 7) is 7.03. The lowest BCUT2D eigenvalue weighted by molar-refractivity contribution is -0.136. The van der Waals surface area contributed by atoms with Gasteiger partial charge >= 0.3 is 0 Å². The molecule has 26 heteroatoms. The summed E-state index contributed by atoms with van der Waals surface area (Å²) in [5.41, 5.74) is 24.1. The summed E-state index contributed by atoms with van der Waals surface area (Å²) in [5.74, 6) is -9.14. The fraction of sp³-hybridized carbons (Fsp3) is 0.686. The molecule has 1 aromatic rings. The molecule has 1 aliphatic rings. The summed E-state index contributed by atoms with van der Waals surface area (Å²) in [6, 6.07) is -4.45. The maximum absolute atomic E-state index is 14.4. The van der Waals surface area contributed by atoms with Crippen LogP contribution in [0.1, 0.15) is 117 Å². The highest BCUT2D eigenvalue weighted by molar-refractivity contribution is 5.99. The van der Waals surface area contributed by atoms with Gasteiger partial charge in [0.15, 0.2) is 0 Å². The standard InChI is InChI=1S/C51H88N14O12/c1-6-8-9-10-14-17-39(68)63-42(31(5)67)51(77)61-35(20-25-54)44(70)59-37-22-27-56-49(75)41(30(4)66)65-47(73)36(21-26-55)58-43(69)34(19-24-53)60-50(76)40(29(3)7-2)64-48(74)38(28-32-15-12-11-13-16-32)62-45(71)33(18-23-52)57-46(37)72/h11-13,15-16,29-31,33-38,40-42,66-67H,6-10,14,17-28,52-55H2,1-5H3,(H,56,75)(H,57,72)(H,58,69)(H,59,70)(H,60,76)(H,61,77)(H,62,71)(H,63,68)(H,64,74)(H,65,73)/t29-,30+,31+,33?,34-,35-,36-,37?,38+,40-,41?,42-/m0/s1. The van der Waals surface area contributed by atoms with Gasteiger partial charge in [-0.1, -0.05) is 83.2 Å². The summed E-state index contributed by atoms with van der Waals surface area (Å²) < 4.78 is 0. The van der Waals surface area contributed by atoms with Crippen molar-refractivity contribution in [3.63, 3.8) is 0 Å². The number of unbranched alkanes of at least 4 members (excludes halogenated alkanes) is 4. The monoisotopic (exact) mass is 1090 g/mol. The van der Waals surface area contributed by atoms with Crippen molar-refractivity contribution < 1.29 is 58.2 Å². The zero-order chi connectivity index (χ0) is 57.6. The van der Waals surface area contributed by atoms with Crippen LogP contribution in [0.4, 0.5) is 0 Å². The van der Waals surface area contributed by atoms with Crippen molar-refractivity contribution in [3.8, 4) is 0 Å². The van der Waals surface area contributed by atoms with Crippen molar-refractivity contribution in [2.24, 2.45) is 28.9 Å². The van der Waals surface area contributed by atoms with Crippen molar-refractivity contribution in [2.75, 3.05) is 32.7 Å². The molecule has 0 radical (unpaired) electrons. The highest BCUT2D eigenvalue weighted by Crippen LogP contribution is 2.13. The van der Waals surface area contributed by atoms with Gasteiger partial charge in [-0.25, -0.2) is 0 Å². The molecule has 0 spiro atoms. The van der Waals surface area contributed by atoms with Crippen molar-refractivity contribution in [1.82, 2.24) is 53.2 Å². The number of carbonyl (C=O) groups is 10. The molecule has 0 aromatic heterocycles. The molecular formula is C51H88N14O12. The molecule has 12 atom stereocenters. The fourth-order valence-electron chi connectivity index (χ4n) is 8.29. The largest absolute Gasteiger partial charge is 0.391 e. The first-order valence-corrected chi connectivity index (χ1v) is 26.9. The normalized spacial score (nSPS) is 23.6. The minimum absolute atomic E-state index is 0.0924. The Morgan fingerprint density at radius 3 is 1.66 bits per heavy atom. The van der Waals surface area contributed by atoms with Gasteiger partial charge in [-0.2, -0.15) is 0 Å². The first-order valence-electron chi connectivity index (χ1n) is 26.9. The van der Waals surface area contributed by atoms with Gasteiger partial charge in [0.05, 0.1) is 12.2 Å². The highest BCUT2D eigenvalue weighted by Gasteiger charge is 2.37. The first kappa shape index (κ1) is 66.8. The summed E-state index contributed by atoms with van der Waals surface area (Å²) >= 11 is 0. The Kier molecular flexibility index (Phi) is 31.1. The average Bonchev–Trinajstić information content (AvgIpc) is 3.39. The second kappa shape index (κ2) is 35.9. The molecule has 3 unspecified atom stereocenters. The van der Waals surface area contributed by atoms with Crippen LogP contribution in [0.2, 0.25) is 0 Å². The molecule has 1 aromatic carbocycles. The van der Waals surface area contributed by atoms with Gasteiger partial charge in [0.25, 0.3) is 0 Å². The van der Waals surface area contributed by atoms with Crippen LogP contribution in [0.3, 0.4) is 0 Å². The molecule has 10 amide bonds. The molecule has 2 rings (SSSR count). The van der Waals surface area contributed by atoms with E-state index in [2.05, 4.69) is 60.1 Å². The van der Waals surface area contributed by atoms with Gasteiger partial charge in [-0.15, -0.1) is 0 Å². The Morgan fingerprint density at radius 1 is 0.610 bits per heavy atom. The predicted molar refractivity (Wildman–Crippen MR) is 286 cm³/mol. The number of hydrogen-bond acceptors (Lipinski definition) is 16. The van der Waals surface area contributed by atoms with Crippen LogP contribution >= 0.6 is 0 Å². The van der Waals surface area contributed by atoms with Gasteiger partial charge in [-0.3, -0.25) is 47.9 Å². The van der Waals surface area contributed by atoms with E-state index in [0.717, 1.165) is 25.7 Å². The molecule has 434 valence electrons. The van der Waals surface area contributed by atoms with Crippen LogP contribution in [-0.2, 0) is 54.4 Å². The van der Waals surface area contributed by atoms with Crippen molar-refractivity contribution in [1.29, 1.82) is 0 Å². The van der Waals surface area contributed by atoms with Crippen molar-refractivity contribution in [3.05, 3.63) is 35.9 Å². The minimum atomic E-state index is -1.66. The molecule has 0 bridgehead atoms. The minimum Gasteiger partial charge on any atom is -0.391 e. The Balaban J connectivity index is 2.70. The number of aliphatic hydroxyl groups excluding tert-OH is 2. The molecule has 0 saturated carbocycles. The molecule has 1 saturated heterocycles. The van der Waals surface area contributed by atoms with Crippen LogP contribution < -0.4 is 76.1 Å². The van der Waals surface area contributed by atoms with Crippen LogP contribution in [0.15, 0.2) is 30.3 Å². The summed E-state index contributed by atoms with van der Waals surface area (Å²) in [5, 5.41) is 47.0. The quantitative estimate of drug-likeness (QED) is 0.0412. The van der Waals surface area contributed by atoms with Crippen LogP contribution in [-0.4, -0.2) is 169 Å². The van der Waals surface area contributed by atoms with E-state index >= 15 is 0 Å². The summed E-state index contributed by atoms with van der Waals surface area (Å²) in [6.07, 6.45) is 0.615. The van der Waals surface area contributed by atoms with Gasteiger partial charge in [0.2, 0.25) is 59.1 Å². The van der Waals surface area contributed by atoms with Gasteiger partial charge < -0.3 is 86.3 Å². The number of rotatable bonds is 25. The molecule has 0 aliphatic carbocycles. The Bertz CT molecular complexity index is 2070. The van der Waals surface area contributed by atoms with Crippen LogP contribution in [0, 0.1) is 5.92 Å². The molecule has 77 heavy (non-hydrogen) atoms. The maximum atomic E-state index is 14.4. The lowest BCUT2D eigenvalue weighted by Crippen LogP contribution is -2.62. The summed E-state index contributed by atoms with van der Waals surface area (Å²) in [4.78, 5) is 139. The number of aliphatic hydroxyl groups is 2. The zero-order valence-corrected chi connectivity index (χ0v) is 45.3. The van der Waals surface area contributed by atoms with Gasteiger partial charge in [0, 0.05) is 19.4 Å². The Labute approximate surface area is 451 Å². The van der Waals surface area contributed by atoms with Gasteiger partial charge in [0.1, 0.15) is 54.4 Å². The van der Waals surface area contributed by atoms with E-state index in [4.69, 9.17) is 22.9 Å².